The highest BCUT2D eigenvalue weighted by Gasteiger charge is 2.14. The number of carbonyl (C=O) groups is 1. The third-order valence-corrected chi connectivity index (χ3v) is 5.20. The van der Waals surface area contributed by atoms with E-state index in [1.54, 1.807) is 17.5 Å². The fraction of sp³-hybridized carbons (Fsp3) is 0.400. The minimum Gasteiger partial charge on any atom is -0.355 e. The van der Waals surface area contributed by atoms with Crippen LogP contribution in [-0.4, -0.2) is 27.7 Å². The summed E-state index contributed by atoms with van der Waals surface area (Å²) in [5.74, 6) is 0.0376. The SMILES string of the molecule is Cc1nc(CCNC(=O)C(C)Sc2ccccn2)sc1C. The molecule has 0 spiro atoms. The zero-order valence-corrected chi connectivity index (χ0v) is 14.1. The van der Waals surface area contributed by atoms with Gasteiger partial charge >= 0.3 is 0 Å². The summed E-state index contributed by atoms with van der Waals surface area (Å²) in [6.07, 6.45) is 2.52. The molecule has 6 heteroatoms. The fourth-order valence-corrected chi connectivity index (χ4v) is 3.50. The number of rotatable bonds is 6. The number of aromatic nitrogens is 2. The number of aryl methyl sites for hydroxylation is 2. The van der Waals surface area contributed by atoms with Crippen molar-refractivity contribution in [1.82, 2.24) is 15.3 Å². The molecule has 0 aliphatic rings. The summed E-state index contributed by atoms with van der Waals surface area (Å²) in [6, 6.07) is 5.70. The first kappa shape index (κ1) is 16.0. The maximum absolute atomic E-state index is 12.0. The van der Waals surface area contributed by atoms with E-state index in [9.17, 15) is 4.79 Å². The van der Waals surface area contributed by atoms with Crippen molar-refractivity contribution in [3.8, 4) is 0 Å². The highest BCUT2D eigenvalue weighted by molar-refractivity contribution is 8.00. The molecule has 0 radical (unpaired) electrons. The number of carbonyl (C=O) groups excluding carboxylic acids is 1. The quantitative estimate of drug-likeness (QED) is 0.831. The molecule has 4 nitrogen and oxygen atoms in total. The first-order valence-electron chi connectivity index (χ1n) is 6.84. The Kier molecular flexibility index (Phi) is 5.76. The number of hydrogen-bond donors (Lipinski definition) is 1. The Hall–Kier alpha value is -1.40. The summed E-state index contributed by atoms with van der Waals surface area (Å²) < 4.78 is 0. The summed E-state index contributed by atoms with van der Waals surface area (Å²) >= 11 is 3.17. The van der Waals surface area contributed by atoms with E-state index >= 15 is 0 Å². The molecule has 0 aliphatic carbocycles. The normalized spacial score (nSPS) is 12.1. The largest absolute Gasteiger partial charge is 0.355 e. The van der Waals surface area contributed by atoms with Gasteiger partial charge in [-0.1, -0.05) is 17.8 Å². The van der Waals surface area contributed by atoms with Gasteiger partial charge in [0, 0.05) is 24.0 Å². The molecule has 2 heterocycles. The van der Waals surface area contributed by atoms with Gasteiger partial charge in [0.05, 0.1) is 21.0 Å². The van der Waals surface area contributed by atoms with Crippen LogP contribution < -0.4 is 5.32 Å². The maximum atomic E-state index is 12.0. The van der Waals surface area contributed by atoms with E-state index in [0.717, 1.165) is 22.1 Å². The molecule has 0 aromatic carbocycles. The number of pyridine rings is 1. The van der Waals surface area contributed by atoms with E-state index in [1.165, 1.54) is 16.6 Å². The van der Waals surface area contributed by atoms with Crippen LogP contribution in [0.3, 0.4) is 0 Å². The number of hydrogen-bond acceptors (Lipinski definition) is 5. The minimum atomic E-state index is -0.153. The molecular weight excluding hydrogens is 302 g/mol. The van der Waals surface area contributed by atoms with Crippen molar-refractivity contribution in [3.05, 3.63) is 40.0 Å². The Morgan fingerprint density at radius 1 is 1.43 bits per heavy atom. The second kappa shape index (κ2) is 7.56. The van der Waals surface area contributed by atoms with Gasteiger partial charge in [-0.3, -0.25) is 4.79 Å². The van der Waals surface area contributed by atoms with Crippen molar-refractivity contribution >= 4 is 29.0 Å². The van der Waals surface area contributed by atoms with Gasteiger partial charge in [-0.2, -0.15) is 0 Å². The van der Waals surface area contributed by atoms with Gasteiger partial charge in [0.15, 0.2) is 0 Å². The van der Waals surface area contributed by atoms with Gasteiger partial charge in [-0.05, 0) is 32.9 Å². The van der Waals surface area contributed by atoms with E-state index in [4.69, 9.17) is 0 Å². The first-order chi connectivity index (χ1) is 10.1. The molecule has 2 rings (SSSR count). The maximum Gasteiger partial charge on any atom is 0.233 e. The molecule has 1 unspecified atom stereocenters. The Morgan fingerprint density at radius 2 is 2.24 bits per heavy atom. The Bertz CT molecular complexity index is 579. The van der Waals surface area contributed by atoms with E-state index in [0.29, 0.717) is 6.54 Å². The average Bonchev–Trinajstić information content (AvgIpc) is 2.78. The molecule has 0 fully saturated rings. The second-order valence-corrected chi connectivity index (χ2v) is 7.37. The lowest BCUT2D eigenvalue weighted by atomic mass is 10.4. The number of thiazole rings is 1. The topological polar surface area (TPSA) is 54.9 Å². The third-order valence-electron chi connectivity index (χ3n) is 3.02. The first-order valence-corrected chi connectivity index (χ1v) is 8.54. The molecule has 2 aromatic rings. The second-order valence-electron chi connectivity index (χ2n) is 4.72. The number of nitrogens with zero attached hydrogens (tertiary/aromatic N) is 2. The summed E-state index contributed by atoms with van der Waals surface area (Å²) in [5, 5.41) is 4.75. The van der Waals surface area contributed by atoms with E-state index in [1.807, 2.05) is 32.0 Å². The number of thioether (sulfide) groups is 1. The number of amides is 1. The molecule has 1 atom stereocenters. The van der Waals surface area contributed by atoms with Crippen LogP contribution in [0, 0.1) is 13.8 Å². The lowest BCUT2D eigenvalue weighted by molar-refractivity contribution is -0.120. The molecule has 21 heavy (non-hydrogen) atoms. The lowest BCUT2D eigenvalue weighted by Gasteiger charge is -2.10. The Balaban J connectivity index is 1.76. The lowest BCUT2D eigenvalue weighted by Crippen LogP contribution is -2.32. The highest BCUT2D eigenvalue weighted by atomic mass is 32.2. The van der Waals surface area contributed by atoms with Gasteiger partial charge in [0.2, 0.25) is 5.91 Å². The smallest absolute Gasteiger partial charge is 0.233 e. The van der Waals surface area contributed by atoms with Gasteiger partial charge in [-0.15, -0.1) is 11.3 Å². The summed E-state index contributed by atoms with van der Waals surface area (Å²) in [4.78, 5) is 22.0. The molecule has 112 valence electrons. The van der Waals surface area contributed by atoms with E-state index in [2.05, 4.69) is 22.2 Å². The molecule has 1 amide bonds. The van der Waals surface area contributed by atoms with Crippen LogP contribution in [0.5, 0.6) is 0 Å². The van der Waals surface area contributed by atoms with E-state index < -0.39 is 0 Å². The van der Waals surface area contributed by atoms with Crippen LogP contribution in [0.1, 0.15) is 22.5 Å². The minimum absolute atomic E-state index is 0.0376. The van der Waals surface area contributed by atoms with Gasteiger partial charge < -0.3 is 5.32 Å². The molecular formula is C15H19N3OS2. The molecule has 0 saturated carbocycles. The van der Waals surface area contributed by atoms with Crippen LogP contribution in [0.4, 0.5) is 0 Å². The molecule has 0 bridgehead atoms. The van der Waals surface area contributed by atoms with Crippen molar-refractivity contribution in [2.75, 3.05) is 6.54 Å². The molecule has 0 saturated heterocycles. The van der Waals surface area contributed by atoms with E-state index in [-0.39, 0.29) is 11.2 Å². The van der Waals surface area contributed by atoms with Crippen molar-refractivity contribution in [2.24, 2.45) is 0 Å². The third kappa shape index (κ3) is 4.82. The van der Waals surface area contributed by atoms with Crippen LogP contribution in [0.15, 0.2) is 29.4 Å². The van der Waals surface area contributed by atoms with Crippen molar-refractivity contribution in [3.63, 3.8) is 0 Å². The van der Waals surface area contributed by atoms with Gasteiger partial charge in [0.1, 0.15) is 0 Å². The summed E-state index contributed by atoms with van der Waals surface area (Å²) in [7, 11) is 0. The Labute approximate surface area is 133 Å². The van der Waals surface area contributed by atoms with Crippen LogP contribution in [-0.2, 0) is 11.2 Å². The van der Waals surface area contributed by atoms with Crippen molar-refractivity contribution in [1.29, 1.82) is 0 Å². The monoisotopic (exact) mass is 321 g/mol. The molecule has 1 N–H and O–H groups in total. The standard InChI is InChI=1S/C15H19N3OS2/c1-10-11(2)20-14(18-10)7-9-17-15(19)12(3)21-13-6-4-5-8-16-13/h4-6,8,12H,7,9H2,1-3H3,(H,17,19). The van der Waals surface area contributed by atoms with Gasteiger partial charge in [0.25, 0.3) is 0 Å². The predicted molar refractivity (Wildman–Crippen MR) is 87.9 cm³/mol. The van der Waals surface area contributed by atoms with Crippen LogP contribution >= 0.6 is 23.1 Å². The average molecular weight is 321 g/mol. The fourth-order valence-electron chi connectivity index (χ4n) is 1.73. The predicted octanol–water partition coefficient (Wildman–Crippen LogP) is 2.99. The Morgan fingerprint density at radius 3 is 2.86 bits per heavy atom. The summed E-state index contributed by atoms with van der Waals surface area (Å²) in [5.41, 5.74) is 1.08. The zero-order valence-electron chi connectivity index (χ0n) is 12.4. The number of nitrogens with one attached hydrogen (secondary N) is 1. The highest BCUT2D eigenvalue weighted by Crippen LogP contribution is 2.20. The molecule has 2 aromatic heterocycles. The summed E-state index contributed by atoms with van der Waals surface area (Å²) in [6.45, 7) is 6.60. The van der Waals surface area contributed by atoms with Crippen molar-refractivity contribution in [2.45, 2.75) is 37.5 Å². The molecule has 0 aliphatic heterocycles. The zero-order chi connectivity index (χ0) is 15.2. The van der Waals surface area contributed by atoms with Crippen molar-refractivity contribution < 1.29 is 4.79 Å². The van der Waals surface area contributed by atoms with Crippen LogP contribution in [0.2, 0.25) is 0 Å². The van der Waals surface area contributed by atoms with Crippen LogP contribution in [0.25, 0.3) is 0 Å². The van der Waals surface area contributed by atoms with Gasteiger partial charge in [-0.25, -0.2) is 9.97 Å².